The Hall–Kier alpha value is -2.42. The summed E-state index contributed by atoms with van der Waals surface area (Å²) in [4.78, 5) is 28.0. The van der Waals surface area contributed by atoms with Crippen LogP contribution in [0.15, 0.2) is 41.5 Å². The molecule has 2 amide bonds. The Labute approximate surface area is 169 Å². The van der Waals surface area contributed by atoms with Crippen molar-refractivity contribution in [1.29, 1.82) is 0 Å². The minimum Gasteiger partial charge on any atom is -0.379 e. The van der Waals surface area contributed by atoms with Crippen molar-refractivity contribution >= 4 is 29.2 Å². The van der Waals surface area contributed by atoms with Crippen molar-refractivity contribution in [3.63, 3.8) is 0 Å². The van der Waals surface area contributed by atoms with Crippen molar-refractivity contribution in [2.24, 2.45) is 7.05 Å². The van der Waals surface area contributed by atoms with Gasteiger partial charge in [0.15, 0.2) is 0 Å². The van der Waals surface area contributed by atoms with Gasteiger partial charge >= 0.3 is 0 Å². The van der Waals surface area contributed by atoms with Crippen LogP contribution in [0.25, 0.3) is 6.08 Å². The summed E-state index contributed by atoms with van der Waals surface area (Å²) in [5, 5.41) is 7.51. The number of carbonyl (C=O) groups is 2. The molecule has 28 heavy (non-hydrogen) atoms. The zero-order valence-electron chi connectivity index (χ0n) is 16.0. The lowest BCUT2D eigenvalue weighted by atomic mass is 10.2. The highest BCUT2D eigenvalue weighted by Crippen LogP contribution is 2.11. The second-order valence-electron chi connectivity index (χ2n) is 6.60. The van der Waals surface area contributed by atoms with Crippen LogP contribution in [-0.4, -0.2) is 60.7 Å². The maximum atomic E-state index is 12.7. The van der Waals surface area contributed by atoms with E-state index in [0.717, 1.165) is 45.0 Å². The van der Waals surface area contributed by atoms with Crippen molar-refractivity contribution in [3.05, 3.63) is 52.1 Å². The zero-order valence-corrected chi connectivity index (χ0v) is 16.8. The number of morpholine rings is 1. The minimum absolute atomic E-state index is 0.242. The van der Waals surface area contributed by atoms with Crippen LogP contribution in [0.2, 0.25) is 0 Å². The van der Waals surface area contributed by atoms with Gasteiger partial charge in [0, 0.05) is 38.6 Å². The van der Waals surface area contributed by atoms with E-state index in [9.17, 15) is 9.59 Å². The molecule has 1 fully saturated rings. The van der Waals surface area contributed by atoms with Crippen LogP contribution < -0.4 is 10.6 Å². The predicted octanol–water partition coefficient (Wildman–Crippen LogP) is 1.70. The highest BCUT2D eigenvalue weighted by molar-refractivity contribution is 7.12. The number of nitrogens with zero attached hydrogens (tertiary/aromatic N) is 2. The molecule has 0 atom stereocenters. The smallest absolute Gasteiger partial charge is 0.267 e. The summed E-state index contributed by atoms with van der Waals surface area (Å²) < 4.78 is 7.23. The second-order valence-corrected chi connectivity index (χ2v) is 7.54. The third-order valence-electron chi connectivity index (χ3n) is 4.55. The summed E-state index contributed by atoms with van der Waals surface area (Å²) in [5.74, 6) is -0.563. The van der Waals surface area contributed by atoms with Crippen LogP contribution in [0.1, 0.15) is 21.8 Å². The van der Waals surface area contributed by atoms with Gasteiger partial charge in [-0.25, -0.2) is 0 Å². The Balaban J connectivity index is 1.59. The molecule has 1 aliphatic heterocycles. The van der Waals surface area contributed by atoms with Crippen molar-refractivity contribution < 1.29 is 14.3 Å². The van der Waals surface area contributed by atoms with Crippen LogP contribution in [0.5, 0.6) is 0 Å². The average Bonchev–Trinajstić information content (AvgIpc) is 3.38. The molecule has 0 aliphatic carbocycles. The highest BCUT2D eigenvalue weighted by Gasteiger charge is 2.16. The number of ether oxygens (including phenoxy) is 1. The Morgan fingerprint density at radius 2 is 2.07 bits per heavy atom. The van der Waals surface area contributed by atoms with Crippen molar-refractivity contribution in [3.8, 4) is 0 Å². The molecule has 8 heteroatoms. The van der Waals surface area contributed by atoms with Crippen LogP contribution in [0.3, 0.4) is 0 Å². The number of aromatic nitrogens is 1. The standard InChI is InChI=1S/C20H26N4O3S/c1-23-8-2-5-16(23)15-17(22-20(26)18-6-3-14-28-18)19(25)21-7-4-9-24-10-12-27-13-11-24/h2-3,5-6,8,14-15H,4,7,9-13H2,1H3,(H,21,25)(H,22,26)/b17-15+. The third-order valence-corrected chi connectivity index (χ3v) is 5.42. The monoisotopic (exact) mass is 402 g/mol. The Morgan fingerprint density at radius 3 is 2.75 bits per heavy atom. The van der Waals surface area contributed by atoms with E-state index in [-0.39, 0.29) is 17.5 Å². The summed E-state index contributed by atoms with van der Waals surface area (Å²) >= 11 is 1.34. The normalized spacial score (nSPS) is 15.4. The van der Waals surface area contributed by atoms with Crippen LogP contribution >= 0.6 is 11.3 Å². The molecule has 0 radical (unpaired) electrons. The lowest BCUT2D eigenvalue weighted by Crippen LogP contribution is -2.39. The fraction of sp³-hybridized carbons (Fsp3) is 0.400. The minimum atomic E-state index is -0.284. The Bertz CT molecular complexity index is 807. The van der Waals surface area contributed by atoms with Crippen molar-refractivity contribution in [1.82, 2.24) is 20.1 Å². The third kappa shape index (κ3) is 5.79. The van der Waals surface area contributed by atoms with E-state index in [4.69, 9.17) is 4.74 Å². The topological polar surface area (TPSA) is 75.6 Å². The van der Waals surface area contributed by atoms with Gasteiger partial charge in [-0.3, -0.25) is 14.5 Å². The molecule has 150 valence electrons. The van der Waals surface area contributed by atoms with Crippen molar-refractivity contribution in [2.75, 3.05) is 39.4 Å². The molecule has 1 aliphatic rings. The molecule has 3 rings (SSSR count). The summed E-state index contributed by atoms with van der Waals surface area (Å²) in [7, 11) is 1.89. The molecular formula is C20H26N4O3S. The van der Waals surface area contributed by atoms with Crippen LogP contribution in [-0.2, 0) is 16.6 Å². The number of rotatable bonds is 8. The van der Waals surface area contributed by atoms with Gasteiger partial charge in [0.05, 0.1) is 18.1 Å². The number of hydrogen-bond acceptors (Lipinski definition) is 5. The average molecular weight is 403 g/mol. The number of thiophene rings is 1. The first-order chi connectivity index (χ1) is 13.6. The number of aryl methyl sites for hydroxylation is 1. The van der Waals surface area contributed by atoms with Crippen molar-refractivity contribution in [2.45, 2.75) is 6.42 Å². The molecule has 2 N–H and O–H groups in total. The van der Waals surface area contributed by atoms with Gasteiger partial charge in [-0.15, -0.1) is 11.3 Å². The summed E-state index contributed by atoms with van der Waals surface area (Å²) in [6, 6.07) is 7.33. The summed E-state index contributed by atoms with van der Waals surface area (Å²) in [5.41, 5.74) is 1.08. The molecule has 0 unspecified atom stereocenters. The fourth-order valence-corrected chi connectivity index (χ4v) is 3.57. The molecule has 0 aromatic carbocycles. The molecular weight excluding hydrogens is 376 g/mol. The van der Waals surface area contributed by atoms with Gasteiger partial charge < -0.3 is 19.9 Å². The largest absolute Gasteiger partial charge is 0.379 e. The number of carbonyl (C=O) groups excluding carboxylic acids is 2. The van der Waals surface area contributed by atoms with Gasteiger partial charge in [-0.2, -0.15) is 0 Å². The second kappa shape index (κ2) is 10.2. The summed E-state index contributed by atoms with van der Waals surface area (Å²) in [6.07, 6.45) is 4.44. The van der Waals surface area contributed by atoms with Crippen LogP contribution in [0, 0.1) is 0 Å². The molecule has 0 spiro atoms. The maximum absolute atomic E-state index is 12.7. The first-order valence-corrected chi connectivity index (χ1v) is 10.3. The Kier molecular flexibility index (Phi) is 7.41. The molecule has 2 aromatic rings. The van der Waals surface area contributed by atoms with E-state index in [1.165, 1.54) is 11.3 Å². The molecule has 2 aromatic heterocycles. The molecule has 3 heterocycles. The molecule has 0 bridgehead atoms. The number of amides is 2. The zero-order chi connectivity index (χ0) is 19.8. The van der Waals surface area contributed by atoms with Gasteiger partial charge in [0.1, 0.15) is 5.70 Å². The van der Waals surface area contributed by atoms with E-state index < -0.39 is 0 Å². The highest BCUT2D eigenvalue weighted by atomic mass is 32.1. The SMILES string of the molecule is Cn1cccc1/C=C(/NC(=O)c1cccs1)C(=O)NCCCN1CCOCC1. The molecule has 0 saturated carbocycles. The van der Waals surface area contributed by atoms with E-state index in [1.54, 1.807) is 12.1 Å². The molecule has 7 nitrogen and oxygen atoms in total. The first-order valence-electron chi connectivity index (χ1n) is 9.39. The quantitative estimate of drug-likeness (QED) is 0.521. The van der Waals surface area contributed by atoms with Gasteiger partial charge in [0.25, 0.3) is 11.8 Å². The fourth-order valence-electron chi connectivity index (χ4n) is 2.95. The first kappa shape index (κ1) is 20.3. The lowest BCUT2D eigenvalue weighted by Gasteiger charge is -2.26. The number of nitrogens with one attached hydrogen (secondary N) is 2. The summed E-state index contributed by atoms with van der Waals surface area (Å²) in [6.45, 7) is 4.87. The van der Waals surface area contributed by atoms with E-state index in [2.05, 4.69) is 15.5 Å². The number of hydrogen-bond donors (Lipinski definition) is 2. The van der Waals surface area contributed by atoms with Crippen LogP contribution in [0.4, 0.5) is 0 Å². The van der Waals surface area contributed by atoms with E-state index in [1.807, 2.05) is 41.4 Å². The van der Waals surface area contributed by atoms with Gasteiger partial charge in [-0.05, 0) is 42.6 Å². The molecule has 1 saturated heterocycles. The Morgan fingerprint density at radius 1 is 1.25 bits per heavy atom. The predicted molar refractivity (Wildman–Crippen MR) is 110 cm³/mol. The van der Waals surface area contributed by atoms with Gasteiger partial charge in [-0.1, -0.05) is 6.07 Å². The maximum Gasteiger partial charge on any atom is 0.267 e. The van der Waals surface area contributed by atoms with E-state index >= 15 is 0 Å². The lowest BCUT2D eigenvalue weighted by molar-refractivity contribution is -0.117. The van der Waals surface area contributed by atoms with E-state index in [0.29, 0.717) is 11.4 Å². The van der Waals surface area contributed by atoms with Gasteiger partial charge in [0.2, 0.25) is 0 Å².